The highest BCUT2D eigenvalue weighted by Gasteiger charge is 2.30. The van der Waals surface area contributed by atoms with Gasteiger partial charge >= 0.3 is 0 Å². The van der Waals surface area contributed by atoms with Gasteiger partial charge in [0.1, 0.15) is 6.61 Å². The molecule has 1 saturated carbocycles. The van der Waals surface area contributed by atoms with Gasteiger partial charge < -0.3 is 15.2 Å². The first-order chi connectivity index (χ1) is 9.24. The van der Waals surface area contributed by atoms with Crippen molar-refractivity contribution in [1.29, 1.82) is 0 Å². The highest BCUT2D eigenvalue weighted by Crippen LogP contribution is 2.23. The van der Waals surface area contributed by atoms with Crippen LogP contribution in [0.1, 0.15) is 28.8 Å². The molecule has 1 aromatic rings. The lowest BCUT2D eigenvalue weighted by Gasteiger charge is -2.34. The minimum Gasteiger partial charge on any atom is -0.384 e. The zero-order valence-electron chi connectivity index (χ0n) is 10.8. The molecule has 0 aliphatic heterocycles. The summed E-state index contributed by atoms with van der Waals surface area (Å²) in [5.74, 6) is 5.23. The Morgan fingerprint density at radius 1 is 1.47 bits per heavy atom. The molecule has 1 amide bonds. The Hall–Kier alpha value is -1.83. The first-order valence-electron chi connectivity index (χ1n) is 6.27. The second-order valence-electron chi connectivity index (χ2n) is 4.50. The molecule has 4 heteroatoms. The number of aliphatic hydroxyl groups excluding tert-OH is 1. The van der Waals surface area contributed by atoms with E-state index in [0.29, 0.717) is 11.1 Å². The summed E-state index contributed by atoms with van der Waals surface area (Å²) in [5.41, 5.74) is 1.18. The van der Waals surface area contributed by atoms with Gasteiger partial charge in [0.25, 0.3) is 5.91 Å². The van der Waals surface area contributed by atoms with Crippen molar-refractivity contribution in [2.24, 2.45) is 0 Å². The van der Waals surface area contributed by atoms with Gasteiger partial charge in [-0.1, -0.05) is 24.0 Å². The van der Waals surface area contributed by atoms with E-state index in [9.17, 15) is 4.79 Å². The van der Waals surface area contributed by atoms with Gasteiger partial charge in [0.2, 0.25) is 0 Å². The molecular formula is C15H17NO3. The monoisotopic (exact) mass is 259 g/mol. The van der Waals surface area contributed by atoms with E-state index in [1.54, 1.807) is 25.3 Å². The molecule has 4 nitrogen and oxygen atoms in total. The maximum Gasteiger partial charge on any atom is 0.252 e. The lowest BCUT2D eigenvalue weighted by atomic mass is 9.89. The van der Waals surface area contributed by atoms with E-state index in [-0.39, 0.29) is 24.7 Å². The minimum atomic E-state index is -0.214. The maximum absolute atomic E-state index is 12.1. The molecule has 100 valence electrons. The molecule has 2 N–H and O–H groups in total. The lowest BCUT2D eigenvalue weighted by Crippen LogP contribution is -2.47. The molecule has 0 aromatic heterocycles. The molecule has 19 heavy (non-hydrogen) atoms. The van der Waals surface area contributed by atoms with Gasteiger partial charge in [-0.25, -0.2) is 0 Å². The number of nitrogens with one attached hydrogen (secondary N) is 1. The van der Waals surface area contributed by atoms with Crippen molar-refractivity contribution in [2.75, 3.05) is 13.7 Å². The van der Waals surface area contributed by atoms with Crippen molar-refractivity contribution in [3.8, 4) is 11.8 Å². The van der Waals surface area contributed by atoms with E-state index < -0.39 is 0 Å². The van der Waals surface area contributed by atoms with E-state index in [2.05, 4.69) is 17.2 Å². The van der Waals surface area contributed by atoms with Crippen molar-refractivity contribution < 1.29 is 14.6 Å². The smallest absolute Gasteiger partial charge is 0.252 e. The summed E-state index contributed by atoms with van der Waals surface area (Å²) in [7, 11) is 1.68. The number of aliphatic hydroxyl groups is 1. The molecule has 1 aromatic carbocycles. The van der Waals surface area contributed by atoms with Crippen LogP contribution in [0.2, 0.25) is 0 Å². The Labute approximate surface area is 112 Å². The summed E-state index contributed by atoms with van der Waals surface area (Å²) < 4.78 is 5.18. The molecule has 2 rings (SSSR count). The number of hydrogen-bond donors (Lipinski definition) is 2. The number of carbonyl (C=O) groups is 1. The van der Waals surface area contributed by atoms with E-state index in [1.165, 1.54) is 0 Å². The topological polar surface area (TPSA) is 58.6 Å². The summed E-state index contributed by atoms with van der Waals surface area (Å²) in [5, 5.41) is 11.7. The van der Waals surface area contributed by atoms with Crippen molar-refractivity contribution >= 4 is 5.91 Å². The van der Waals surface area contributed by atoms with Crippen molar-refractivity contribution in [3.05, 3.63) is 35.4 Å². The van der Waals surface area contributed by atoms with E-state index in [4.69, 9.17) is 9.84 Å². The first kappa shape index (κ1) is 13.6. The predicted octanol–water partition coefficient (Wildman–Crippen LogP) is 0.938. The van der Waals surface area contributed by atoms with Crippen LogP contribution in [0.25, 0.3) is 0 Å². The molecule has 1 aliphatic carbocycles. The molecular weight excluding hydrogens is 242 g/mol. The molecule has 1 fully saturated rings. The number of ether oxygens (including phenoxy) is 1. The molecule has 1 aliphatic rings. The van der Waals surface area contributed by atoms with Crippen LogP contribution in [-0.4, -0.2) is 36.9 Å². The average Bonchev–Trinajstić information content (AvgIpc) is 2.40. The summed E-state index contributed by atoms with van der Waals surface area (Å²) in [6.07, 6.45) is 1.97. The minimum absolute atomic E-state index is 0.123. The quantitative estimate of drug-likeness (QED) is 0.794. The normalized spacial score (nSPS) is 20.9. The molecule has 0 atom stereocenters. The number of rotatable bonds is 3. The van der Waals surface area contributed by atoms with Crippen molar-refractivity contribution in [1.82, 2.24) is 5.32 Å². The number of hydrogen-bond acceptors (Lipinski definition) is 3. The van der Waals surface area contributed by atoms with E-state index in [1.807, 2.05) is 6.07 Å². The SMILES string of the molecule is COC1CC(NC(=O)c2ccccc2C#CCO)C1. The van der Waals surface area contributed by atoms with Crippen LogP contribution in [0.4, 0.5) is 0 Å². The van der Waals surface area contributed by atoms with Crippen LogP contribution in [0.5, 0.6) is 0 Å². The standard InChI is InChI=1S/C15H17NO3/c1-19-13-9-12(10-13)16-15(18)14-7-3-2-5-11(14)6-4-8-17/h2-3,5,7,12-13,17H,8-10H2,1H3,(H,16,18). The molecule has 0 saturated heterocycles. The fraction of sp³-hybridized carbons (Fsp3) is 0.400. The van der Waals surface area contributed by atoms with Gasteiger partial charge in [-0.2, -0.15) is 0 Å². The Morgan fingerprint density at radius 2 is 2.21 bits per heavy atom. The molecule has 0 spiro atoms. The molecule has 0 radical (unpaired) electrons. The van der Waals surface area contributed by atoms with Gasteiger partial charge in [0, 0.05) is 18.7 Å². The third kappa shape index (κ3) is 3.34. The van der Waals surface area contributed by atoms with Crippen molar-refractivity contribution in [2.45, 2.75) is 25.0 Å². The second kappa shape index (κ2) is 6.37. The summed E-state index contributed by atoms with van der Waals surface area (Å²) in [6, 6.07) is 7.32. The second-order valence-corrected chi connectivity index (χ2v) is 4.50. The van der Waals surface area contributed by atoms with E-state index in [0.717, 1.165) is 12.8 Å². The lowest BCUT2D eigenvalue weighted by molar-refractivity contribution is 0.0176. The van der Waals surface area contributed by atoms with Gasteiger partial charge in [0.15, 0.2) is 0 Å². The maximum atomic E-state index is 12.1. The summed E-state index contributed by atoms with van der Waals surface area (Å²) in [6.45, 7) is -0.214. The summed E-state index contributed by atoms with van der Waals surface area (Å²) in [4.78, 5) is 12.1. The molecule has 0 heterocycles. The predicted molar refractivity (Wildman–Crippen MR) is 71.7 cm³/mol. The van der Waals surface area contributed by atoms with Crippen molar-refractivity contribution in [3.63, 3.8) is 0 Å². The Bertz CT molecular complexity index is 510. The highest BCUT2D eigenvalue weighted by molar-refractivity contribution is 5.97. The van der Waals surface area contributed by atoms with Crippen LogP contribution >= 0.6 is 0 Å². The molecule has 0 unspecified atom stereocenters. The van der Waals surface area contributed by atoms with Gasteiger partial charge in [-0.15, -0.1) is 0 Å². The first-order valence-corrected chi connectivity index (χ1v) is 6.27. The third-order valence-corrected chi connectivity index (χ3v) is 3.24. The fourth-order valence-corrected chi connectivity index (χ4v) is 2.06. The van der Waals surface area contributed by atoms with Crippen LogP contribution < -0.4 is 5.32 Å². The van der Waals surface area contributed by atoms with Crippen LogP contribution in [0.3, 0.4) is 0 Å². The van der Waals surface area contributed by atoms with E-state index >= 15 is 0 Å². The third-order valence-electron chi connectivity index (χ3n) is 3.24. The van der Waals surface area contributed by atoms with Gasteiger partial charge in [0.05, 0.1) is 11.7 Å². The zero-order valence-corrected chi connectivity index (χ0v) is 10.8. The largest absolute Gasteiger partial charge is 0.384 e. The Kier molecular flexibility index (Phi) is 4.56. The van der Waals surface area contributed by atoms with Crippen LogP contribution in [0, 0.1) is 11.8 Å². The average molecular weight is 259 g/mol. The highest BCUT2D eigenvalue weighted by atomic mass is 16.5. The van der Waals surface area contributed by atoms with Crippen LogP contribution in [0.15, 0.2) is 24.3 Å². The van der Waals surface area contributed by atoms with Gasteiger partial charge in [-0.3, -0.25) is 4.79 Å². The number of methoxy groups -OCH3 is 1. The number of amides is 1. The number of carbonyl (C=O) groups excluding carboxylic acids is 1. The Morgan fingerprint density at radius 3 is 2.89 bits per heavy atom. The summed E-state index contributed by atoms with van der Waals surface area (Å²) >= 11 is 0. The fourth-order valence-electron chi connectivity index (χ4n) is 2.06. The van der Waals surface area contributed by atoms with Crippen LogP contribution in [-0.2, 0) is 4.74 Å². The number of benzene rings is 1. The zero-order chi connectivity index (χ0) is 13.7. The molecule has 0 bridgehead atoms. The Balaban J connectivity index is 2.03. The van der Waals surface area contributed by atoms with Gasteiger partial charge in [-0.05, 0) is 25.0 Å².